The minimum absolute atomic E-state index is 0.0991. The summed E-state index contributed by atoms with van der Waals surface area (Å²) in [5, 5.41) is 13.7. The van der Waals surface area contributed by atoms with Gasteiger partial charge in [0, 0.05) is 4.47 Å². The molecule has 0 saturated carbocycles. The summed E-state index contributed by atoms with van der Waals surface area (Å²) in [6, 6.07) is 12.0. The van der Waals surface area contributed by atoms with E-state index in [-0.39, 0.29) is 11.3 Å². The maximum atomic E-state index is 12.0. The monoisotopic (exact) mass is 362 g/mol. The predicted octanol–water partition coefficient (Wildman–Crippen LogP) is 3.32. The van der Waals surface area contributed by atoms with Gasteiger partial charge in [-0.1, -0.05) is 15.9 Å². The highest BCUT2D eigenvalue weighted by atomic mass is 79.9. The number of nitrogens with one attached hydrogen (secondary N) is 1. The van der Waals surface area contributed by atoms with Crippen LogP contribution in [0.1, 0.15) is 22.8 Å². The first-order valence-corrected chi connectivity index (χ1v) is 7.28. The number of halogens is 1. The van der Waals surface area contributed by atoms with E-state index in [1.54, 1.807) is 20.1 Å². The van der Waals surface area contributed by atoms with Crippen LogP contribution in [0.25, 0.3) is 0 Å². The van der Waals surface area contributed by atoms with Gasteiger partial charge in [0.15, 0.2) is 0 Å². The Hall–Kier alpha value is -2.34. The zero-order valence-corrected chi connectivity index (χ0v) is 13.7. The van der Waals surface area contributed by atoms with Crippen LogP contribution in [0.15, 0.2) is 52.0 Å². The lowest BCUT2D eigenvalue weighted by atomic mass is 10.1. The van der Waals surface area contributed by atoms with E-state index < -0.39 is 5.91 Å². The third kappa shape index (κ3) is 3.85. The summed E-state index contributed by atoms with van der Waals surface area (Å²) in [5.41, 5.74) is 4.09. The van der Waals surface area contributed by atoms with E-state index in [4.69, 9.17) is 4.74 Å². The van der Waals surface area contributed by atoms with Crippen molar-refractivity contribution in [3.63, 3.8) is 0 Å². The molecular formula is C16H15BrN2O3. The molecule has 0 aliphatic heterocycles. The molecule has 2 N–H and O–H groups in total. The number of amides is 1. The summed E-state index contributed by atoms with van der Waals surface area (Å²) >= 11 is 3.26. The van der Waals surface area contributed by atoms with E-state index in [0.717, 1.165) is 11.3 Å². The average Bonchev–Trinajstić information content (AvgIpc) is 2.54. The summed E-state index contributed by atoms with van der Waals surface area (Å²) < 4.78 is 5.79. The van der Waals surface area contributed by atoms with Gasteiger partial charge in [-0.3, -0.25) is 4.79 Å². The highest BCUT2D eigenvalue weighted by Crippen LogP contribution is 2.21. The zero-order valence-electron chi connectivity index (χ0n) is 12.1. The molecule has 22 heavy (non-hydrogen) atoms. The van der Waals surface area contributed by atoms with Gasteiger partial charge in [0.2, 0.25) is 0 Å². The molecule has 0 saturated heterocycles. The lowest BCUT2D eigenvalue weighted by Crippen LogP contribution is -2.19. The van der Waals surface area contributed by atoms with Gasteiger partial charge in [-0.05, 0) is 55.0 Å². The van der Waals surface area contributed by atoms with Crippen molar-refractivity contribution in [2.75, 3.05) is 7.11 Å². The number of hydrogen-bond acceptors (Lipinski definition) is 4. The van der Waals surface area contributed by atoms with E-state index in [0.29, 0.717) is 10.2 Å². The van der Waals surface area contributed by atoms with Crippen LogP contribution >= 0.6 is 15.9 Å². The maximum Gasteiger partial charge on any atom is 0.275 e. The number of hydrogen-bond donors (Lipinski definition) is 2. The zero-order chi connectivity index (χ0) is 16.1. The molecule has 0 aliphatic rings. The Kier molecular flexibility index (Phi) is 5.16. The van der Waals surface area contributed by atoms with Crippen molar-refractivity contribution >= 4 is 27.5 Å². The second kappa shape index (κ2) is 7.09. The molecule has 0 radical (unpaired) electrons. The van der Waals surface area contributed by atoms with Gasteiger partial charge >= 0.3 is 0 Å². The van der Waals surface area contributed by atoms with Crippen molar-refractivity contribution in [1.29, 1.82) is 0 Å². The van der Waals surface area contributed by atoms with E-state index in [2.05, 4.69) is 26.5 Å². The van der Waals surface area contributed by atoms with Crippen LogP contribution in [-0.4, -0.2) is 23.8 Å². The number of carbonyl (C=O) groups excluding carboxylic acids is 1. The predicted molar refractivity (Wildman–Crippen MR) is 88.5 cm³/mol. The molecule has 0 heterocycles. The van der Waals surface area contributed by atoms with E-state index >= 15 is 0 Å². The first-order valence-electron chi connectivity index (χ1n) is 6.49. The number of rotatable bonds is 4. The Morgan fingerprint density at radius 3 is 2.55 bits per heavy atom. The van der Waals surface area contributed by atoms with Crippen LogP contribution in [0.4, 0.5) is 0 Å². The largest absolute Gasteiger partial charge is 0.507 e. The van der Waals surface area contributed by atoms with Crippen LogP contribution in [0.5, 0.6) is 11.5 Å². The Morgan fingerprint density at radius 1 is 1.23 bits per heavy atom. The molecule has 0 unspecified atom stereocenters. The number of nitrogens with zero attached hydrogens (tertiary/aromatic N) is 1. The van der Waals surface area contributed by atoms with Crippen molar-refractivity contribution in [1.82, 2.24) is 5.43 Å². The molecule has 0 bridgehead atoms. The van der Waals surface area contributed by atoms with Gasteiger partial charge in [-0.25, -0.2) is 5.43 Å². The SMILES string of the molecule is COc1ccc(C(C)=NNC(=O)c2cc(Br)ccc2O)cc1. The summed E-state index contributed by atoms with van der Waals surface area (Å²) in [7, 11) is 1.60. The van der Waals surface area contributed by atoms with E-state index in [9.17, 15) is 9.90 Å². The normalized spacial score (nSPS) is 11.1. The van der Waals surface area contributed by atoms with Crippen LogP contribution in [0.2, 0.25) is 0 Å². The van der Waals surface area contributed by atoms with Gasteiger partial charge in [0.25, 0.3) is 5.91 Å². The fourth-order valence-electron chi connectivity index (χ4n) is 1.78. The minimum atomic E-state index is -0.480. The fourth-order valence-corrected chi connectivity index (χ4v) is 2.14. The highest BCUT2D eigenvalue weighted by Gasteiger charge is 2.11. The van der Waals surface area contributed by atoms with Crippen LogP contribution in [-0.2, 0) is 0 Å². The Bertz CT molecular complexity index is 712. The Balaban J connectivity index is 2.12. The smallest absolute Gasteiger partial charge is 0.275 e. The minimum Gasteiger partial charge on any atom is -0.507 e. The van der Waals surface area contributed by atoms with Crippen molar-refractivity contribution in [2.45, 2.75) is 6.92 Å². The second-order valence-corrected chi connectivity index (χ2v) is 5.44. The lowest BCUT2D eigenvalue weighted by molar-refractivity contribution is 0.0952. The maximum absolute atomic E-state index is 12.0. The number of methoxy groups -OCH3 is 1. The highest BCUT2D eigenvalue weighted by molar-refractivity contribution is 9.10. The summed E-state index contributed by atoms with van der Waals surface area (Å²) in [5.74, 6) is 0.171. The third-order valence-corrected chi connectivity index (χ3v) is 3.53. The molecule has 1 amide bonds. The van der Waals surface area contributed by atoms with Crippen molar-refractivity contribution in [3.05, 3.63) is 58.1 Å². The van der Waals surface area contributed by atoms with Crippen LogP contribution < -0.4 is 10.2 Å². The molecule has 0 aromatic heterocycles. The number of phenolic OH excluding ortho intramolecular Hbond substituents is 1. The third-order valence-electron chi connectivity index (χ3n) is 3.04. The second-order valence-electron chi connectivity index (χ2n) is 4.53. The molecule has 5 nitrogen and oxygen atoms in total. The molecule has 2 aromatic rings. The molecule has 0 aliphatic carbocycles. The van der Waals surface area contributed by atoms with E-state index in [1.165, 1.54) is 12.1 Å². The Labute approximate surface area is 136 Å². The molecule has 114 valence electrons. The number of carbonyl (C=O) groups is 1. The molecule has 0 fully saturated rings. The molecule has 0 atom stereocenters. The summed E-state index contributed by atoms with van der Waals surface area (Å²) in [6.07, 6.45) is 0. The molecule has 0 spiro atoms. The summed E-state index contributed by atoms with van der Waals surface area (Å²) in [4.78, 5) is 12.0. The van der Waals surface area contributed by atoms with Gasteiger partial charge in [-0.15, -0.1) is 0 Å². The average molecular weight is 363 g/mol. The molecule has 2 rings (SSSR count). The van der Waals surface area contributed by atoms with Crippen molar-refractivity contribution in [3.8, 4) is 11.5 Å². The van der Waals surface area contributed by atoms with Gasteiger partial charge in [0.1, 0.15) is 11.5 Å². The van der Waals surface area contributed by atoms with E-state index in [1.807, 2.05) is 24.3 Å². The lowest BCUT2D eigenvalue weighted by Gasteiger charge is -2.06. The van der Waals surface area contributed by atoms with Gasteiger partial charge < -0.3 is 9.84 Å². The molecule has 2 aromatic carbocycles. The number of aromatic hydroxyl groups is 1. The van der Waals surface area contributed by atoms with Gasteiger partial charge in [-0.2, -0.15) is 5.10 Å². The molecule has 6 heteroatoms. The quantitative estimate of drug-likeness (QED) is 0.647. The van der Waals surface area contributed by atoms with Crippen molar-refractivity contribution in [2.24, 2.45) is 5.10 Å². The number of benzene rings is 2. The number of phenols is 1. The summed E-state index contributed by atoms with van der Waals surface area (Å²) in [6.45, 7) is 1.78. The number of hydrazone groups is 1. The topological polar surface area (TPSA) is 70.9 Å². The van der Waals surface area contributed by atoms with Crippen LogP contribution in [0, 0.1) is 0 Å². The Morgan fingerprint density at radius 2 is 1.91 bits per heavy atom. The first kappa shape index (κ1) is 16.0. The molecular weight excluding hydrogens is 348 g/mol. The van der Waals surface area contributed by atoms with Crippen LogP contribution in [0.3, 0.4) is 0 Å². The number of ether oxygens (including phenoxy) is 1. The van der Waals surface area contributed by atoms with Gasteiger partial charge in [0.05, 0.1) is 18.4 Å². The standard InChI is InChI=1S/C16H15BrN2O3/c1-10(11-3-6-13(22-2)7-4-11)18-19-16(21)14-9-12(17)5-8-15(14)20/h3-9,20H,1-2H3,(H,19,21). The van der Waals surface area contributed by atoms with Crippen molar-refractivity contribution < 1.29 is 14.6 Å². The first-order chi connectivity index (χ1) is 10.5. The fraction of sp³-hybridized carbons (Fsp3) is 0.125.